The Morgan fingerprint density at radius 3 is 2.73 bits per heavy atom. The molecule has 160 valence electrons. The van der Waals surface area contributed by atoms with Crippen LogP contribution < -0.4 is 4.90 Å². The first-order chi connectivity index (χ1) is 14.3. The van der Waals surface area contributed by atoms with Crippen molar-refractivity contribution in [1.29, 1.82) is 5.26 Å². The second-order valence-electron chi connectivity index (χ2n) is 6.98. The molecule has 2 aromatic rings. The van der Waals surface area contributed by atoms with Gasteiger partial charge in [0, 0.05) is 45.2 Å². The number of halogens is 3. The van der Waals surface area contributed by atoms with Gasteiger partial charge < -0.3 is 14.5 Å². The van der Waals surface area contributed by atoms with Crippen LogP contribution in [0.4, 0.5) is 18.9 Å². The van der Waals surface area contributed by atoms with Crippen molar-refractivity contribution >= 4 is 11.6 Å². The number of alkyl halides is 3. The number of amides is 1. The summed E-state index contributed by atoms with van der Waals surface area (Å²) in [7, 11) is 1.51. The smallest absolute Gasteiger partial charge is 0.382 e. The lowest BCUT2D eigenvalue weighted by Crippen LogP contribution is -2.57. The third-order valence-electron chi connectivity index (χ3n) is 5.10. The first-order valence-corrected chi connectivity index (χ1v) is 9.47. The summed E-state index contributed by atoms with van der Waals surface area (Å²) in [4.78, 5) is 16.4. The molecule has 0 spiro atoms. The number of benzene rings is 1. The molecule has 0 bridgehead atoms. The highest BCUT2D eigenvalue weighted by atomic mass is 19.4. The number of hydrogen-bond donors (Lipinski definition) is 0. The van der Waals surface area contributed by atoms with E-state index >= 15 is 0 Å². The van der Waals surface area contributed by atoms with Crippen LogP contribution in [-0.4, -0.2) is 60.0 Å². The second-order valence-corrected chi connectivity index (χ2v) is 6.98. The quantitative estimate of drug-likeness (QED) is 0.742. The fourth-order valence-corrected chi connectivity index (χ4v) is 3.57. The second kappa shape index (κ2) is 8.75. The summed E-state index contributed by atoms with van der Waals surface area (Å²) in [6.07, 6.45) is -1.43. The maximum absolute atomic E-state index is 13.3. The third-order valence-corrected chi connectivity index (χ3v) is 5.10. The standard InChI is InChI=1S/C20H22F3N5O2/c1-3-27-11-15(10-25-27)19(29)28-7-6-26(12-17(28)13-30-2)16-5-4-14(9-24)18(8-16)20(21,22)23/h4-5,8,10-11,17H,3,6-7,12-13H2,1-2H3. The van der Waals surface area contributed by atoms with Gasteiger partial charge in [-0.15, -0.1) is 0 Å². The van der Waals surface area contributed by atoms with Crippen molar-refractivity contribution in [2.75, 3.05) is 38.3 Å². The van der Waals surface area contributed by atoms with Crippen LogP contribution >= 0.6 is 0 Å². The summed E-state index contributed by atoms with van der Waals surface area (Å²) in [5, 5.41) is 13.1. The molecule has 1 aliphatic heterocycles. The topological polar surface area (TPSA) is 74.4 Å². The van der Waals surface area contributed by atoms with E-state index in [1.165, 1.54) is 25.4 Å². The van der Waals surface area contributed by atoms with E-state index < -0.39 is 17.3 Å². The number of anilines is 1. The van der Waals surface area contributed by atoms with Crippen LogP contribution in [0.25, 0.3) is 0 Å². The van der Waals surface area contributed by atoms with Crippen LogP contribution in [0.15, 0.2) is 30.6 Å². The molecule has 3 rings (SSSR count). The Balaban J connectivity index is 1.83. The molecule has 30 heavy (non-hydrogen) atoms. The predicted molar refractivity (Wildman–Crippen MR) is 103 cm³/mol. The number of ether oxygens (including phenoxy) is 1. The van der Waals surface area contributed by atoms with Gasteiger partial charge in [0.1, 0.15) is 0 Å². The molecule has 0 saturated carbocycles. The highest BCUT2D eigenvalue weighted by Gasteiger charge is 2.36. The predicted octanol–water partition coefficient (Wildman–Crippen LogP) is 2.77. The highest BCUT2D eigenvalue weighted by molar-refractivity contribution is 5.94. The number of carbonyl (C=O) groups is 1. The average molecular weight is 421 g/mol. The Labute approximate surface area is 172 Å². The first-order valence-electron chi connectivity index (χ1n) is 9.47. The maximum atomic E-state index is 13.3. The Kier molecular flexibility index (Phi) is 6.31. The van der Waals surface area contributed by atoms with Crippen LogP contribution in [0.5, 0.6) is 0 Å². The summed E-state index contributed by atoms with van der Waals surface area (Å²) >= 11 is 0. The number of aromatic nitrogens is 2. The van der Waals surface area contributed by atoms with E-state index in [4.69, 9.17) is 10.00 Å². The normalized spacial score (nSPS) is 17.1. The van der Waals surface area contributed by atoms with Crippen molar-refractivity contribution in [3.05, 3.63) is 47.3 Å². The van der Waals surface area contributed by atoms with Gasteiger partial charge in [-0.3, -0.25) is 9.48 Å². The molecule has 0 aliphatic carbocycles. The molecule has 7 nitrogen and oxygen atoms in total. The zero-order valence-electron chi connectivity index (χ0n) is 16.7. The number of methoxy groups -OCH3 is 1. The Morgan fingerprint density at radius 1 is 1.37 bits per heavy atom. The number of rotatable bonds is 5. The van der Waals surface area contributed by atoms with Crippen molar-refractivity contribution in [3.63, 3.8) is 0 Å². The number of nitriles is 1. The number of nitrogens with zero attached hydrogens (tertiary/aromatic N) is 5. The molecule has 1 unspecified atom stereocenters. The first kappa shape index (κ1) is 21.6. The lowest BCUT2D eigenvalue weighted by Gasteiger charge is -2.42. The minimum atomic E-state index is -4.62. The highest BCUT2D eigenvalue weighted by Crippen LogP contribution is 2.35. The molecule has 1 amide bonds. The van der Waals surface area contributed by atoms with Gasteiger partial charge in [0.05, 0.1) is 41.6 Å². The van der Waals surface area contributed by atoms with Crippen molar-refractivity contribution in [2.24, 2.45) is 0 Å². The van der Waals surface area contributed by atoms with Crippen LogP contribution in [0.2, 0.25) is 0 Å². The summed E-state index contributed by atoms with van der Waals surface area (Å²) in [5.41, 5.74) is -0.560. The third kappa shape index (κ3) is 4.41. The van der Waals surface area contributed by atoms with E-state index in [0.29, 0.717) is 37.4 Å². The van der Waals surface area contributed by atoms with Crippen molar-refractivity contribution in [1.82, 2.24) is 14.7 Å². The van der Waals surface area contributed by atoms with Crippen LogP contribution in [-0.2, 0) is 17.5 Å². The van der Waals surface area contributed by atoms with Gasteiger partial charge in [0.15, 0.2) is 0 Å². The molecule has 1 aromatic heterocycles. The van der Waals surface area contributed by atoms with Gasteiger partial charge in [0.2, 0.25) is 0 Å². The van der Waals surface area contributed by atoms with Crippen molar-refractivity contribution in [2.45, 2.75) is 25.7 Å². The van der Waals surface area contributed by atoms with Gasteiger partial charge in [0.25, 0.3) is 5.91 Å². The van der Waals surface area contributed by atoms with Gasteiger partial charge >= 0.3 is 6.18 Å². The van der Waals surface area contributed by atoms with Crippen LogP contribution in [0.3, 0.4) is 0 Å². The van der Waals surface area contributed by atoms with Crippen LogP contribution in [0.1, 0.15) is 28.4 Å². The summed E-state index contributed by atoms with van der Waals surface area (Å²) < 4.78 is 46.9. The van der Waals surface area contributed by atoms with E-state index in [9.17, 15) is 18.0 Å². The zero-order chi connectivity index (χ0) is 21.9. The number of carbonyl (C=O) groups excluding carboxylic acids is 1. The molecule has 1 saturated heterocycles. The molecule has 1 atom stereocenters. The fraction of sp³-hybridized carbons (Fsp3) is 0.450. The molecule has 1 fully saturated rings. The van der Waals surface area contributed by atoms with Crippen LogP contribution in [0, 0.1) is 11.3 Å². The molecule has 10 heteroatoms. The maximum Gasteiger partial charge on any atom is 0.417 e. The summed E-state index contributed by atoms with van der Waals surface area (Å²) in [6.45, 7) is 3.79. The molecule has 1 aromatic carbocycles. The molecular weight excluding hydrogens is 399 g/mol. The minimum Gasteiger partial charge on any atom is -0.382 e. The molecular formula is C20H22F3N5O2. The Morgan fingerprint density at radius 2 is 2.13 bits per heavy atom. The SMILES string of the molecule is CCn1cc(C(=O)N2CCN(c3ccc(C#N)c(C(F)(F)F)c3)CC2COC)cn1. The van der Waals surface area contributed by atoms with E-state index in [-0.39, 0.29) is 18.6 Å². The number of piperazine rings is 1. The lowest BCUT2D eigenvalue weighted by molar-refractivity contribution is -0.137. The van der Waals surface area contributed by atoms with Gasteiger partial charge in [-0.25, -0.2) is 0 Å². The summed E-state index contributed by atoms with van der Waals surface area (Å²) in [6, 6.07) is 4.92. The molecule has 1 aliphatic rings. The minimum absolute atomic E-state index is 0.188. The molecule has 0 radical (unpaired) electrons. The van der Waals surface area contributed by atoms with Crippen molar-refractivity contribution < 1.29 is 22.7 Å². The molecule has 2 heterocycles. The fourth-order valence-electron chi connectivity index (χ4n) is 3.57. The average Bonchev–Trinajstić information content (AvgIpc) is 3.22. The van der Waals surface area contributed by atoms with E-state index in [1.54, 1.807) is 26.7 Å². The number of aryl methyl sites for hydroxylation is 1. The van der Waals surface area contributed by atoms with Gasteiger partial charge in [-0.2, -0.15) is 23.5 Å². The largest absolute Gasteiger partial charge is 0.417 e. The Bertz CT molecular complexity index is 951. The summed E-state index contributed by atoms with van der Waals surface area (Å²) in [5.74, 6) is -0.188. The van der Waals surface area contributed by atoms with Gasteiger partial charge in [-0.05, 0) is 25.1 Å². The van der Waals surface area contributed by atoms with Crippen molar-refractivity contribution in [3.8, 4) is 6.07 Å². The molecule has 0 N–H and O–H groups in total. The van der Waals surface area contributed by atoms with E-state index in [2.05, 4.69) is 5.10 Å². The van der Waals surface area contributed by atoms with E-state index in [1.807, 2.05) is 6.92 Å². The van der Waals surface area contributed by atoms with E-state index in [0.717, 1.165) is 6.07 Å². The number of hydrogen-bond acceptors (Lipinski definition) is 5. The van der Waals surface area contributed by atoms with Gasteiger partial charge in [-0.1, -0.05) is 0 Å². The lowest BCUT2D eigenvalue weighted by atomic mass is 10.0. The monoisotopic (exact) mass is 421 g/mol. The Hall–Kier alpha value is -3.06. The zero-order valence-corrected chi connectivity index (χ0v) is 16.7.